The van der Waals surface area contributed by atoms with E-state index in [4.69, 9.17) is 9.15 Å². The molecule has 32 heavy (non-hydrogen) atoms. The summed E-state index contributed by atoms with van der Waals surface area (Å²) in [5.41, 5.74) is 2.21. The van der Waals surface area contributed by atoms with Crippen molar-refractivity contribution < 1.29 is 18.7 Å². The first kappa shape index (κ1) is 20.3. The third-order valence-electron chi connectivity index (χ3n) is 5.78. The summed E-state index contributed by atoms with van der Waals surface area (Å²) in [6, 6.07) is 17.7. The lowest BCUT2D eigenvalue weighted by atomic mass is 10.2. The minimum absolute atomic E-state index is 0.0310. The van der Waals surface area contributed by atoms with E-state index < -0.39 is 0 Å². The van der Waals surface area contributed by atoms with Crippen molar-refractivity contribution in [1.82, 2.24) is 14.8 Å². The minimum Gasteiger partial charge on any atom is -0.482 e. The highest BCUT2D eigenvalue weighted by Crippen LogP contribution is 2.32. The van der Waals surface area contributed by atoms with Crippen LogP contribution in [0.5, 0.6) is 5.75 Å². The molecule has 2 aliphatic heterocycles. The van der Waals surface area contributed by atoms with Gasteiger partial charge in [0.25, 0.3) is 11.8 Å². The zero-order chi connectivity index (χ0) is 21.9. The lowest BCUT2D eigenvalue weighted by Gasteiger charge is -2.34. The maximum atomic E-state index is 12.9. The van der Waals surface area contributed by atoms with E-state index >= 15 is 0 Å². The Hall–Kier alpha value is -3.65. The van der Waals surface area contributed by atoms with Gasteiger partial charge in [0.1, 0.15) is 18.6 Å². The lowest BCUT2D eigenvalue weighted by molar-refractivity contribution is -0.121. The van der Waals surface area contributed by atoms with Crippen molar-refractivity contribution in [2.45, 2.75) is 13.1 Å². The number of amides is 2. The number of fused-ring (bicyclic) bond motifs is 1. The van der Waals surface area contributed by atoms with Crippen molar-refractivity contribution in [2.24, 2.45) is 0 Å². The van der Waals surface area contributed by atoms with E-state index in [1.54, 1.807) is 9.80 Å². The Morgan fingerprint density at radius 3 is 2.50 bits per heavy atom. The van der Waals surface area contributed by atoms with E-state index in [0.29, 0.717) is 30.4 Å². The second-order valence-electron chi connectivity index (χ2n) is 7.92. The van der Waals surface area contributed by atoms with Gasteiger partial charge in [0.2, 0.25) is 5.89 Å². The molecule has 1 saturated heterocycles. The zero-order valence-electron chi connectivity index (χ0n) is 17.6. The predicted octanol–water partition coefficient (Wildman–Crippen LogP) is 2.56. The Bertz CT molecular complexity index is 1110. The Balaban J connectivity index is 1.20. The third-order valence-corrected chi connectivity index (χ3v) is 5.78. The highest BCUT2D eigenvalue weighted by Gasteiger charge is 2.28. The molecule has 8 heteroatoms. The van der Waals surface area contributed by atoms with Crippen LogP contribution in [0.3, 0.4) is 0 Å². The Kier molecular flexibility index (Phi) is 5.60. The zero-order valence-corrected chi connectivity index (χ0v) is 17.6. The van der Waals surface area contributed by atoms with Gasteiger partial charge in [-0.05, 0) is 17.7 Å². The van der Waals surface area contributed by atoms with Gasteiger partial charge in [0.05, 0.1) is 5.69 Å². The quantitative estimate of drug-likeness (QED) is 0.617. The van der Waals surface area contributed by atoms with Crippen LogP contribution >= 0.6 is 0 Å². The van der Waals surface area contributed by atoms with Crippen LogP contribution in [-0.2, 0) is 17.9 Å². The van der Waals surface area contributed by atoms with Crippen LogP contribution in [-0.4, -0.2) is 59.4 Å². The summed E-state index contributed by atoms with van der Waals surface area (Å²) in [5, 5.41) is 0. The second-order valence-corrected chi connectivity index (χ2v) is 7.92. The molecule has 0 radical (unpaired) electrons. The van der Waals surface area contributed by atoms with Crippen molar-refractivity contribution in [2.75, 3.05) is 37.7 Å². The molecule has 0 spiro atoms. The first-order chi connectivity index (χ1) is 15.7. The molecule has 1 fully saturated rings. The normalized spacial score (nSPS) is 16.6. The fourth-order valence-electron chi connectivity index (χ4n) is 4.06. The monoisotopic (exact) mass is 432 g/mol. The summed E-state index contributed by atoms with van der Waals surface area (Å²) >= 11 is 0. The number of ether oxygens (including phenoxy) is 1. The number of piperazine rings is 1. The van der Waals surface area contributed by atoms with Gasteiger partial charge < -0.3 is 14.1 Å². The van der Waals surface area contributed by atoms with E-state index in [9.17, 15) is 9.59 Å². The van der Waals surface area contributed by atoms with Crippen LogP contribution in [0.1, 0.15) is 21.9 Å². The summed E-state index contributed by atoms with van der Waals surface area (Å²) in [6.07, 6.45) is 1.38. The molecule has 2 aliphatic rings. The molecule has 0 aliphatic carbocycles. The van der Waals surface area contributed by atoms with Crippen molar-refractivity contribution in [3.8, 4) is 5.75 Å². The third kappa shape index (κ3) is 4.22. The van der Waals surface area contributed by atoms with Gasteiger partial charge >= 0.3 is 0 Å². The number of carbonyl (C=O) groups excluding carboxylic acids is 2. The van der Waals surface area contributed by atoms with Crippen molar-refractivity contribution in [3.63, 3.8) is 0 Å². The van der Waals surface area contributed by atoms with E-state index in [2.05, 4.69) is 22.0 Å². The number of hydrogen-bond acceptors (Lipinski definition) is 6. The summed E-state index contributed by atoms with van der Waals surface area (Å²) in [6.45, 7) is 3.90. The molecule has 0 N–H and O–H groups in total. The van der Waals surface area contributed by atoms with Crippen LogP contribution in [0.25, 0.3) is 0 Å². The number of benzene rings is 2. The number of carbonyl (C=O) groups is 2. The number of hydrogen-bond donors (Lipinski definition) is 0. The van der Waals surface area contributed by atoms with Gasteiger partial charge in [-0.3, -0.25) is 19.4 Å². The van der Waals surface area contributed by atoms with Crippen molar-refractivity contribution >= 4 is 17.5 Å². The molecule has 3 heterocycles. The Labute approximate surface area is 186 Å². The summed E-state index contributed by atoms with van der Waals surface area (Å²) in [7, 11) is 0. The maximum absolute atomic E-state index is 12.9. The number of oxazole rings is 1. The van der Waals surface area contributed by atoms with Crippen LogP contribution in [0.15, 0.2) is 65.3 Å². The standard InChI is InChI=1S/C24H24N4O4/c29-23-17-31-21-9-5-4-8-20(21)28(23)15-22-25-19(16-32-22)24(30)27-12-10-26(11-13-27)14-18-6-2-1-3-7-18/h1-9,16H,10-15,17H2. The highest BCUT2D eigenvalue weighted by molar-refractivity contribution is 5.97. The van der Waals surface area contributed by atoms with E-state index in [0.717, 1.165) is 19.6 Å². The SMILES string of the molecule is O=C(c1coc(CN2C(=O)COc3ccccc32)n1)N1CCN(Cc2ccccc2)CC1. The molecule has 2 amide bonds. The molecule has 0 atom stereocenters. The van der Waals surface area contributed by atoms with Gasteiger partial charge in [-0.15, -0.1) is 0 Å². The predicted molar refractivity (Wildman–Crippen MR) is 117 cm³/mol. The average molecular weight is 432 g/mol. The molecule has 164 valence electrons. The van der Waals surface area contributed by atoms with Crippen LogP contribution < -0.4 is 9.64 Å². The van der Waals surface area contributed by atoms with Crippen LogP contribution in [0.2, 0.25) is 0 Å². The first-order valence-corrected chi connectivity index (χ1v) is 10.7. The van der Waals surface area contributed by atoms with E-state index in [-0.39, 0.29) is 30.7 Å². The van der Waals surface area contributed by atoms with Gasteiger partial charge in [0.15, 0.2) is 12.3 Å². The first-order valence-electron chi connectivity index (χ1n) is 10.7. The Morgan fingerprint density at radius 1 is 0.938 bits per heavy atom. The number of aromatic nitrogens is 1. The molecule has 0 bridgehead atoms. The van der Waals surface area contributed by atoms with Crippen molar-refractivity contribution in [3.05, 3.63) is 78.0 Å². The number of para-hydroxylation sites is 2. The fourth-order valence-corrected chi connectivity index (χ4v) is 4.06. The lowest BCUT2D eigenvalue weighted by Crippen LogP contribution is -2.48. The molecular weight excluding hydrogens is 408 g/mol. The number of rotatable bonds is 5. The molecular formula is C24H24N4O4. The van der Waals surface area contributed by atoms with Crippen LogP contribution in [0.4, 0.5) is 5.69 Å². The van der Waals surface area contributed by atoms with Gasteiger partial charge in [-0.1, -0.05) is 42.5 Å². The molecule has 5 rings (SSSR count). The summed E-state index contributed by atoms with van der Waals surface area (Å²) in [4.78, 5) is 35.4. The van der Waals surface area contributed by atoms with Crippen molar-refractivity contribution in [1.29, 1.82) is 0 Å². The largest absolute Gasteiger partial charge is 0.482 e. The topological polar surface area (TPSA) is 79.1 Å². The van der Waals surface area contributed by atoms with E-state index in [1.165, 1.54) is 11.8 Å². The van der Waals surface area contributed by atoms with Gasteiger partial charge in [-0.25, -0.2) is 4.98 Å². The van der Waals surface area contributed by atoms with E-state index in [1.807, 2.05) is 42.5 Å². The molecule has 2 aromatic carbocycles. The second kappa shape index (κ2) is 8.84. The molecule has 8 nitrogen and oxygen atoms in total. The average Bonchev–Trinajstić information content (AvgIpc) is 3.30. The fraction of sp³-hybridized carbons (Fsp3) is 0.292. The molecule has 0 saturated carbocycles. The molecule has 1 aromatic heterocycles. The van der Waals surface area contributed by atoms with Gasteiger partial charge in [-0.2, -0.15) is 0 Å². The smallest absolute Gasteiger partial charge is 0.275 e. The highest BCUT2D eigenvalue weighted by atomic mass is 16.5. The van der Waals surface area contributed by atoms with Gasteiger partial charge in [0, 0.05) is 32.7 Å². The minimum atomic E-state index is -0.177. The Morgan fingerprint density at radius 2 is 1.69 bits per heavy atom. The summed E-state index contributed by atoms with van der Waals surface area (Å²) in [5.74, 6) is 0.641. The van der Waals surface area contributed by atoms with Crippen LogP contribution in [0, 0.1) is 0 Å². The number of anilines is 1. The summed E-state index contributed by atoms with van der Waals surface area (Å²) < 4.78 is 11.0. The molecule has 0 unspecified atom stereocenters. The maximum Gasteiger partial charge on any atom is 0.275 e. The molecule has 3 aromatic rings. The number of nitrogens with zero attached hydrogens (tertiary/aromatic N) is 4.